The maximum Gasteiger partial charge on any atom is 0.271 e. The zero-order valence-electron chi connectivity index (χ0n) is 19.8. The van der Waals surface area contributed by atoms with Crippen molar-refractivity contribution in [3.05, 3.63) is 107 Å². The van der Waals surface area contributed by atoms with E-state index in [2.05, 4.69) is 44.6 Å². The predicted octanol–water partition coefficient (Wildman–Crippen LogP) is 3.85. The highest BCUT2D eigenvalue weighted by Gasteiger charge is 2.13. The Kier molecular flexibility index (Phi) is 6.01. The molecule has 5 rings (SSSR count). The smallest absolute Gasteiger partial charge is 0.271 e. The molecule has 0 atom stereocenters. The first-order chi connectivity index (χ1) is 17.0. The SMILES string of the molecule is Cc1cc2c(N)nccc2cc1CNC(=O)c1cn(Cc2ccc(Cn3cccn3)cc2)c(C)n1. The molecule has 1 amide bonds. The molecular formula is C27H27N7O. The second-order valence-corrected chi connectivity index (χ2v) is 8.70. The second kappa shape index (κ2) is 9.42. The van der Waals surface area contributed by atoms with Crippen LogP contribution in [0.5, 0.6) is 0 Å². The summed E-state index contributed by atoms with van der Waals surface area (Å²) in [5.41, 5.74) is 10.8. The Bertz CT molecular complexity index is 1480. The first kappa shape index (κ1) is 22.3. The molecule has 5 aromatic rings. The molecule has 0 radical (unpaired) electrons. The molecule has 3 aromatic heterocycles. The molecule has 0 unspecified atom stereocenters. The van der Waals surface area contributed by atoms with Crippen LogP contribution in [0.25, 0.3) is 10.8 Å². The first-order valence-corrected chi connectivity index (χ1v) is 11.5. The Hall–Kier alpha value is -4.46. The number of nitrogen functional groups attached to an aromatic ring is 1. The average Bonchev–Trinajstić information content (AvgIpc) is 3.49. The fourth-order valence-corrected chi connectivity index (χ4v) is 4.16. The number of imidazole rings is 1. The van der Waals surface area contributed by atoms with E-state index in [1.165, 1.54) is 5.56 Å². The van der Waals surface area contributed by atoms with Gasteiger partial charge in [0, 0.05) is 43.3 Å². The maximum absolute atomic E-state index is 12.8. The Morgan fingerprint density at radius 3 is 2.54 bits per heavy atom. The van der Waals surface area contributed by atoms with Crippen LogP contribution in [0, 0.1) is 13.8 Å². The third-order valence-electron chi connectivity index (χ3n) is 6.18. The van der Waals surface area contributed by atoms with E-state index < -0.39 is 0 Å². The van der Waals surface area contributed by atoms with Crippen LogP contribution >= 0.6 is 0 Å². The van der Waals surface area contributed by atoms with Gasteiger partial charge in [0.1, 0.15) is 17.3 Å². The fraction of sp³-hybridized carbons (Fsp3) is 0.185. The molecule has 3 heterocycles. The van der Waals surface area contributed by atoms with Crippen molar-refractivity contribution >= 4 is 22.5 Å². The van der Waals surface area contributed by atoms with Gasteiger partial charge in [-0.05, 0) is 65.8 Å². The third kappa shape index (κ3) is 4.91. The van der Waals surface area contributed by atoms with Gasteiger partial charge in [0.25, 0.3) is 5.91 Å². The van der Waals surface area contributed by atoms with Gasteiger partial charge in [0.15, 0.2) is 0 Å². The van der Waals surface area contributed by atoms with Crippen molar-refractivity contribution < 1.29 is 4.79 Å². The molecular weight excluding hydrogens is 438 g/mol. The van der Waals surface area contributed by atoms with Crippen molar-refractivity contribution in [1.82, 2.24) is 29.6 Å². The molecule has 35 heavy (non-hydrogen) atoms. The summed E-state index contributed by atoms with van der Waals surface area (Å²) in [6.45, 7) is 5.71. The number of nitrogens with one attached hydrogen (secondary N) is 1. The second-order valence-electron chi connectivity index (χ2n) is 8.70. The summed E-state index contributed by atoms with van der Waals surface area (Å²) in [6, 6.07) is 16.3. The molecule has 0 saturated heterocycles. The molecule has 0 aliphatic heterocycles. The Labute approximate surface area is 203 Å². The van der Waals surface area contributed by atoms with E-state index in [0.29, 0.717) is 24.6 Å². The number of anilines is 1. The number of aryl methyl sites for hydroxylation is 2. The van der Waals surface area contributed by atoms with Crippen molar-refractivity contribution in [3.8, 4) is 0 Å². The van der Waals surface area contributed by atoms with Crippen LogP contribution in [-0.2, 0) is 19.6 Å². The number of benzene rings is 2. The zero-order valence-corrected chi connectivity index (χ0v) is 19.8. The summed E-state index contributed by atoms with van der Waals surface area (Å²) in [6.07, 6.45) is 7.23. The van der Waals surface area contributed by atoms with Crippen molar-refractivity contribution in [1.29, 1.82) is 0 Å². The van der Waals surface area contributed by atoms with Gasteiger partial charge in [0.05, 0.1) is 6.54 Å². The van der Waals surface area contributed by atoms with Gasteiger partial charge in [-0.3, -0.25) is 9.48 Å². The van der Waals surface area contributed by atoms with Crippen LogP contribution in [0.3, 0.4) is 0 Å². The van der Waals surface area contributed by atoms with Gasteiger partial charge in [-0.1, -0.05) is 24.3 Å². The number of hydrogen-bond acceptors (Lipinski definition) is 5. The number of pyridine rings is 1. The first-order valence-electron chi connectivity index (χ1n) is 11.5. The number of rotatable bonds is 7. The highest BCUT2D eigenvalue weighted by molar-refractivity contribution is 5.93. The highest BCUT2D eigenvalue weighted by Crippen LogP contribution is 2.23. The van der Waals surface area contributed by atoms with E-state index in [1.54, 1.807) is 12.4 Å². The lowest BCUT2D eigenvalue weighted by atomic mass is 10.0. The quantitative estimate of drug-likeness (QED) is 0.380. The van der Waals surface area contributed by atoms with Gasteiger partial charge < -0.3 is 15.6 Å². The number of nitrogens with zero attached hydrogens (tertiary/aromatic N) is 5. The maximum atomic E-state index is 12.8. The number of fused-ring (bicyclic) bond motifs is 1. The number of hydrogen-bond donors (Lipinski definition) is 2. The Morgan fingerprint density at radius 1 is 1.03 bits per heavy atom. The van der Waals surface area contributed by atoms with Crippen LogP contribution in [0.4, 0.5) is 5.82 Å². The van der Waals surface area contributed by atoms with E-state index >= 15 is 0 Å². The van der Waals surface area contributed by atoms with E-state index in [-0.39, 0.29) is 5.91 Å². The summed E-state index contributed by atoms with van der Waals surface area (Å²) in [5, 5.41) is 9.17. The van der Waals surface area contributed by atoms with Gasteiger partial charge >= 0.3 is 0 Å². The fourth-order valence-electron chi connectivity index (χ4n) is 4.16. The average molecular weight is 466 g/mol. The number of carbonyl (C=O) groups is 1. The summed E-state index contributed by atoms with van der Waals surface area (Å²) in [7, 11) is 0. The molecule has 0 fully saturated rings. The number of carbonyl (C=O) groups excluding carboxylic acids is 1. The van der Waals surface area contributed by atoms with Gasteiger partial charge in [-0.15, -0.1) is 0 Å². The van der Waals surface area contributed by atoms with Gasteiger partial charge in [-0.25, -0.2) is 9.97 Å². The Morgan fingerprint density at radius 2 is 1.80 bits per heavy atom. The molecule has 8 nitrogen and oxygen atoms in total. The zero-order chi connectivity index (χ0) is 24.4. The predicted molar refractivity (Wildman–Crippen MR) is 136 cm³/mol. The summed E-state index contributed by atoms with van der Waals surface area (Å²) >= 11 is 0. The standard InChI is InChI=1S/C27H27N7O/c1-18-12-24-22(8-10-29-26(24)28)13-23(18)14-30-27(35)25-17-33(19(2)32-25)15-20-4-6-21(7-5-20)16-34-11-3-9-31-34/h3-13,17H,14-16H2,1-2H3,(H2,28,29)(H,30,35). The van der Waals surface area contributed by atoms with E-state index in [4.69, 9.17) is 5.73 Å². The van der Waals surface area contributed by atoms with Crippen LogP contribution in [0.2, 0.25) is 0 Å². The van der Waals surface area contributed by atoms with Gasteiger partial charge in [-0.2, -0.15) is 5.10 Å². The minimum Gasteiger partial charge on any atom is -0.383 e. The monoisotopic (exact) mass is 465 g/mol. The molecule has 2 aromatic carbocycles. The van der Waals surface area contributed by atoms with Crippen LogP contribution in [0.1, 0.15) is 38.6 Å². The van der Waals surface area contributed by atoms with Crippen molar-refractivity contribution in [2.45, 2.75) is 33.5 Å². The Balaban J connectivity index is 1.24. The molecule has 8 heteroatoms. The van der Waals surface area contributed by atoms with Crippen molar-refractivity contribution in [2.75, 3.05) is 5.73 Å². The molecule has 176 valence electrons. The van der Waals surface area contributed by atoms with Gasteiger partial charge in [0.2, 0.25) is 0 Å². The summed E-state index contributed by atoms with van der Waals surface area (Å²) in [4.78, 5) is 21.5. The number of aromatic nitrogens is 5. The number of nitrogens with two attached hydrogens (primary N) is 1. The topological polar surface area (TPSA) is 104 Å². The lowest BCUT2D eigenvalue weighted by Crippen LogP contribution is -2.23. The molecule has 3 N–H and O–H groups in total. The molecule has 0 bridgehead atoms. The minimum absolute atomic E-state index is 0.199. The molecule has 0 spiro atoms. The van der Waals surface area contributed by atoms with Crippen LogP contribution < -0.4 is 11.1 Å². The van der Waals surface area contributed by atoms with E-state index in [9.17, 15) is 4.79 Å². The van der Waals surface area contributed by atoms with Crippen molar-refractivity contribution in [2.24, 2.45) is 0 Å². The minimum atomic E-state index is -0.199. The van der Waals surface area contributed by atoms with E-state index in [0.717, 1.165) is 39.8 Å². The van der Waals surface area contributed by atoms with Crippen LogP contribution in [0.15, 0.2) is 73.3 Å². The normalized spacial score (nSPS) is 11.1. The van der Waals surface area contributed by atoms with E-state index in [1.807, 2.05) is 59.8 Å². The molecule has 0 aliphatic carbocycles. The molecule has 0 aliphatic rings. The lowest BCUT2D eigenvalue weighted by molar-refractivity contribution is 0.0946. The van der Waals surface area contributed by atoms with Crippen LogP contribution in [-0.4, -0.2) is 30.2 Å². The lowest BCUT2D eigenvalue weighted by Gasteiger charge is -2.10. The van der Waals surface area contributed by atoms with Crippen molar-refractivity contribution in [3.63, 3.8) is 0 Å². The number of amides is 1. The third-order valence-corrected chi connectivity index (χ3v) is 6.18. The highest BCUT2D eigenvalue weighted by atomic mass is 16.1. The summed E-state index contributed by atoms with van der Waals surface area (Å²) in [5.74, 6) is 1.10. The molecule has 0 saturated carbocycles. The largest absolute Gasteiger partial charge is 0.383 e. The summed E-state index contributed by atoms with van der Waals surface area (Å²) < 4.78 is 3.89.